The lowest BCUT2D eigenvalue weighted by Gasteiger charge is -2.11. The van der Waals surface area contributed by atoms with Gasteiger partial charge in [-0.15, -0.1) is 0 Å². The van der Waals surface area contributed by atoms with Gasteiger partial charge in [0.25, 0.3) is 0 Å². The third-order valence-electron chi connectivity index (χ3n) is 2.92. The van der Waals surface area contributed by atoms with Gasteiger partial charge in [-0.1, -0.05) is 0 Å². The molecular weight excluding hydrogens is 248 g/mol. The number of hydrogen-bond acceptors (Lipinski definition) is 5. The number of methoxy groups -OCH3 is 1. The molecule has 0 saturated heterocycles. The van der Waals surface area contributed by atoms with Crippen LogP contribution in [0.5, 0.6) is 6.01 Å². The van der Waals surface area contributed by atoms with Crippen molar-refractivity contribution in [2.24, 2.45) is 7.05 Å². The normalized spacial score (nSPS) is 10.8. The van der Waals surface area contributed by atoms with E-state index in [1.165, 1.54) is 14.0 Å². The first-order valence-corrected chi connectivity index (χ1v) is 5.77. The van der Waals surface area contributed by atoms with E-state index in [2.05, 4.69) is 9.97 Å². The number of rotatable bonds is 3. The quantitative estimate of drug-likeness (QED) is 0.661. The maximum absolute atomic E-state index is 11.1. The number of aromatic nitrogens is 3. The average Bonchev–Trinajstić information content (AvgIpc) is 2.66. The van der Waals surface area contributed by atoms with Crippen molar-refractivity contribution in [2.45, 2.75) is 20.4 Å². The molecule has 0 radical (unpaired) electrons. The van der Waals surface area contributed by atoms with E-state index >= 15 is 0 Å². The van der Waals surface area contributed by atoms with E-state index in [1.807, 2.05) is 24.7 Å². The molecule has 0 unspecified atom stereocenters. The Kier molecular flexibility index (Phi) is 3.39. The van der Waals surface area contributed by atoms with Gasteiger partial charge < -0.3 is 9.30 Å². The zero-order valence-electron chi connectivity index (χ0n) is 11.3. The molecule has 0 aliphatic carbocycles. The predicted molar refractivity (Wildman–Crippen MR) is 67.8 cm³/mol. The predicted octanol–water partition coefficient (Wildman–Crippen LogP) is 1.02. The summed E-state index contributed by atoms with van der Waals surface area (Å²) < 4.78 is 6.85. The van der Waals surface area contributed by atoms with Crippen molar-refractivity contribution in [3.63, 3.8) is 0 Å². The fourth-order valence-electron chi connectivity index (χ4n) is 2.01. The van der Waals surface area contributed by atoms with E-state index in [9.17, 15) is 10.0 Å². The summed E-state index contributed by atoms with van der Waals surface area (Å²) in [4.78, 5) is 19.6. The fraction of sp³-hybridized carbons (Fsp3) is 0.417. The number of amides is 1. The van der Waals surface area contributed by atoms with E-state index in [4.69, 9.17) is 4.74 Å². The zero-order valence-corrected chi connectivity index (χ0v) is 11.3. The molecule has 0 saturated carbocycles. The van der Waals surface area contributed by atoms with Crippen molar-refractivity contribution >= 4 is 16.9 Å². The summed E-state index contributed by atoms with van der Waals surface area (Å²) in [6.07, 6.45) is 1.82. The second-order valence-corrected chi connectivity index (χ2v) is 4.34. The first-order valence-electron chi connectivity index (χ1n) is 5.77. The van der Waals surface area contributed by atoms with Crippen LogP contribution < -0.4 is 4.74 Å². The van der Waals surface area contributed by atoms with Gasteiger partial charge in [0.15, 0.2) is 0 Å². The fourth-order valence-corrected chi connectivity index (χ4v) is 2.01. The van der Waals surface area contributed by atoms with E-state index in [0.29, 0.717) is 16.7 Å². The molecule has 2 aromatic rings. The molecule has 19 heavy (non-hydrogen) atoms. The molecule has 2 rings (SSSR count). The molecule has 0 bridgehead atoms. The van der Waals surface area contributed by atoms with Crippen LogP contribution in [0.15, 0.2) is 6.20 Å². The molecule has 0 aromatic carbocycles. The molecular formula is C12H16N4O3. The van der Waals surface area contributed by atoms with E-state index in [1.54, 1.807) is 0 Å². The van der Waals surface area contributed by atoms with Crippen molar-refractivity contribution in [2.75, 3.05) is 7.11 Å². The summed E-state index contributed by atoms with van der Waals surface area (Å²) in [5, 5.41) is 11.0. The molecule has 2 heterocycles. The van der Waals surface area contributed by atoms with Gasteiger partial charge in [-0.2, -0.15) is 9.97 Å². The Labute approximate surface area is 110 Å². The lowest BCUT2D eigenvalue weighted by Crippen LogP contribution is -2.23. The zero-order chi connectivity index (χ0) is 14.2. The van der Waals surface area contributed by atoms with Gasteiger partial charge >= 0.3 is 6.01 Å². The molecule has 2 aromatic heterocycles. The average molecular weight is 264 g/mol. The lowest BCUT2D eigenvalue weighted by atomic mass is 10.2. The van der Waals surface area contributed by atoms with Crippen LogP contribution in [0, 0.1) is 6.92 Å². The topological polar surface area (TPSA) is 80.5 Å². The molecule has 1 amide bonds. The highest BCUT2D eigenvalue weighted by atomic mass is 16.5. The Morgan fingerprint density at radius 2 is 2.21 bits per heavy atom. The summed E-state index contributed by atoms with van der Waals surface area (Å²) in [6.45, 7) is 3.24. The number of hydroxylamine groups is 2. The van der Waals surface area contributed by atoms with E-state index < -0.39 is 5.91 Å². The second-order valence-electron chi connectivity index (χ2n) is 4.34. The lowest BCUT2D eigenvalue weighted by molar-refractivity contribution is -0.165. The van der Waals surface area contributed by atoms with Gasteiger partial charge in [-0.3, -0.25) is 10.0 Å². The highest BCUT2D eigenvalue weighted by molar-refractivity contribution is 5.83. The number of nitrogens with zero attached hydrogens (tertiary/aromatic N) is 4. The molecule has 0 atom stereocenters. The maximum Gasteiger partial charge on any atom is 0.318 e. The summed E-state index contributed by atoms with van der Waals surface area (Å²) in [5.41, 5.74) is 2.24. The molecule has 0 fully saturated rings. The highest BCUT2D eigenvalue weighted by Crippen LogP contribution is 2.24. The number of hydrogen-bond donors (Lipinski definition) is 1. The summed E-state index contributed by atoms with van der Waals surface area (Å²) in [7, 11) is 3.35. The smallest absolute Gasteiger partial charge is 0.318 e. The first kappa shape index (κ1) is 13.3. The van der Waals surface area contributed by atoms with Crippen LogP contribution in [0.1, 0.15) is 18.2 Å². The molecule has 102 valence electrons. The minimum atomic E-state index is -0.413. The van der Waals surface area contributed by atoms with Crippen LogP contribution in [-0.2, 0) is 18.4 Å². The van der Waals surface area contributed by atoms with Gasteiger partial charge in [0.05, 0.1) is 19.3 Å². The Hall–Kier alpha value is -2.15. The van der Waals surface area contributed by atoms with Gasteiger partial charge in [0.1, 0.15) is 5.65 Å². The monoisotopic (exact) mass is 264 g/mol. The van der Waals surface area contributed by atoms with Crippen molar-refractivity contribution < 1.29 is 14.7 Å². The standard InChI is InChI=1S/C12H16N4O3/c1-7-10-9(6-16(18)8(2)17)5-15(3)11(10)14-12(13-7)19-4/h5,18H,6H2,1-4H3. The summed E-state index contributed by atoms with van der Waals surface area (Å²) >= 11 is 0. The molecule has 7 heteroatoms. The molecule has 1 N–H and O–H groups in total. The minimum Gasteiger partial charge on any atom is -0.467 e. The Bertz CT molecular complexity index is 635. The Morgan fingerprint density at radius 3 is 2.79 bits per heavy atom. The SMILES string of the molecule is COc1nc(C)c2c(CN(O)C(C)=O)cn(C)c2n1. The molecule has 0 spiro atoms. The summed E-state index contributed by atoms with van der Waals surface area (Å²) in [6, 6.07) is 0.296. The number of ether oxygens (including phenoxy) is 1. The number of fused-ring (bicyclic) bond motifs is 1. The van der Waals surface area contributed by atoms with Gasteiger partial charge in [0, 0.05) is 31.1 Å². The van der Waals surface area contributed by atoms with Gasteiger partial charge in [0.2, 0.25) is 5.91 Å². The van der Waals surface area contributed by atoms with Crippen LogP contribution in [0.3, 0.4) is 0 Å². The van der Waals surface area contributed by atoms with Crippen LogP contribution in [0.2, 0.25) is 0 Å². The first-order chi connectivity index (χ1) is 8.93. The number of carbonyl (C=O) groups excluding carboxylic acids is 1. The number of aryl methyl sites for hydroxylation is 2. The van der Waals surface area contributed by atoms with Crippen molar-refractivity contribution in [1.29, 1.82) is 0 Å². The van der Waals surface area contributed by atoms with Gasteiger partial charge in [-0.05, 0) is 6.92 Å². The minimum absolute atomic E-state index is 0.100. The van der Waals surface area contributed by atoms with Gasteiger partial charge in [-0.25, -0.2) is 5.06 Å². The molecule has 0 aliphatic heterocycles. The maximum atomic E-state index is 11.1. The molecule has 0 aliphatic rings. The van der Waals surface area contributed by atoms with E-state index in [-0.39, 0.29) is 6.54 Å². The largest absolute Gasteiger partial charge is 0.467 e. The summed E-state index contributed by atoms with van der Waals surface area (Å²) in [5.74, 6) is -0.413. The van der Waals surface area contributed by atoms with Crippen LogP contribution in [0.25, 0.3) is 11.0 Å². The Morgan fingerprint density at radius 1 is 1.53 bits per heavy atom. The number of carbonyl (C=O) groups is 1. The van der Waals surface area contributed by atoms with Crippen molar-refractivity contribution in [1.82, 2.24) is 19.6 Å². The van der Waals surface area contributed by atoms with E-state index in [0.717, 1.165) is 16.6 Å². The molecule has 7 nitrogen and oxygen atoms in total. The van der Waals surface area contributed by atoms with Crippen LogP contribution in [-0.4, -0.2) is 37.8 Å². The third-order valence-corrected chi connectivity index (χ3v) is 2.92. The Balaban J connectivity index is 2.55. The van der Waals surface area contributed by atoms with Crippen molar-refractivity contribution in [3.8, 4) is 6.01 Å². The van der Waals surface area contributed by atoms with Crippen LogP contribution in [0.4, 0.5) is 0 Å². The highest BCUT2D eigenvalue weighted by Gasteiger charge is 2.16. The third kappa shape index (κ3) is 2.37. The van der Waals surface area contributed by atoms with Crippen molar-refractivity contribution in [3.05, 3.63) is 17.5 Å². The van der Waals surface area contributed by atoms with Crippen LogP contribution >= 0.6 is 0 Å². The second kappa shape index (κ2) is 4.85.